The van der Waals surface area contributed by atoms with Gasteiger partial charge in [-0.15, -0.1) is 0 Å². The van der Waals surface area contributed by atoms with Crippen molar-refractivity contribution in [3.05, 3.63) is 47.9 Å². The minimum absolute atomic E-state index is 0.0346. The van der Waals surface area contributed by atoms with Gasteiger partial charge in [0.15, 0.2) is 5.76 Å². The van der Waals surface area contributed by atoms with Gasteiger partial charge in [0, 0.05) is 19.3 Å². The number of rotatable bonds is 5. The van der Waals surface area contributed by atoms with Gasteiger partial charge in [-0.2, -0.15) is 0 Å². The van der Waals surface area contributed by atoms with Crippen molar-refractivity contribution in [1.29, 1.82) is 0 Å². The van der Waals surface area contributed by atoms with Gasteiger partial charge in [0.2, 0.25) is 5.91 Å². The molecular formula is C22H26N2O5. The third kappa shape index (κ3) is 3.62. The zero-order chi connectivity index (χ0) is 20.4. The number of methoxy groups -OCH3 is 2. The molecule has 2 heterocycles. The van der Waals surface area contributed by atoms with Gasteiger partial charge in [0.25, 0.3) is 5.91 Å². The molecule has 0 radical (unpaired) electrons. The number of hydrogen-bond acceptors (Lipinski definition) is 5. The zero-order valence-corrected chi connectivity index (χ0v) is 16.8. The lowest BCUT2D eigenvalue weighted by Crippen LogP contribution is -2.65. The van der Waals surface area contributed by atoms with Gasteiger partial charge in [0.1, 0.15) is 24.7 Å². The molecule has 1 aromatic heterocycles. The number of amides is 2. The van der Waals surface area contributed by atoms with Crippen molar-refractivity contribution < 1.29 is 23.5 Å². The number of anilines is 1. The van der Waals surface area contributed by atoms with Crippen LogP contribution < -0.4 is 9.64 Å². The second kappa shape index (κ2) is 7.91. The summed E-state index contributed by atoms with van der Waals surface area (Å²) >= 11 is 0. The highest BCUT2D eigenvalue weighted by atomic mass is 16.5. The Hall–Kier alpha value is -2.80. The molecule has 2 amide bonds. The first-order valence-electron chi connectivity index (χ1n) is 9.90. The first-order valence-corrected chi connectivity index (χ1v) is 9.90. The van der Waals surface area contributed by atoms with Crippen LogP contribution in [0.2, 0.25) is 0 Å². The summed E-state index contributed by atoms with van der Waals surface area (Å²) in [5.74, 6) is 1.27. The quantitative estimate of drug-likeness (QED) is 0.773. The molecule has 0 bridgehead atoms. The first-order chi connectivity index (χ1) is 14.1. The maximum atomic E-state index is 13.2. The monoisotopic (exact) mass is 398 g/mol. The Kier molecular flexibility index (Phi) is 5.32. The van der Waals surface area contributed by atoms with E-state index in [1.54, 1.807) is 31.3 Å². The van der Waals surface area contributed by atoms with Crippen molar-refractivity contribution in [1.82, 2.24) is 4.90 Å². The summed E-state index contributed by atoms with van der Waals surface area (Å²) in [4.78, 5) is 29.8. The summed E-state index contributed by atoms with van der Waals surface area (Å²) < 4.78 is 15.9. The molecule has 1 aromatic carbocycles. The molecule has 4 rings (SSSR count). The van der Waals surface area contributed by atoms with Crippen molar-refractivity contribution in [2.45, 2.75) is 37.8 Å². The van der Waals surface area contributed by atoms with E-state index in [9.17, 15) is 9.59 Å². The third-order valence-electron chi connectivity index (χ3n) is 5.85. The summed E-state index contributed by atoms with van der Waals surface area (Å²) in [6.07, 6.45) is 3.84. The predicted octanol–water partition coefficient (Wildman–Crippen LogP) is 3.24. The SMILES string of the molecule is COCc1ccc(C(=O)N2CC(=O)N(c3ccc(OC)cc3)C3(CCCC3)C2)o1. The maximum absolute atomic E-state index is 13.2. The Balaban J connectivity index is 1.60. The van der Waals surface area contributed by atoms with E-state index in [2.05, 4.69) is 0 Å². The number of hydrogen-bond donors (Lipinski definition) is 0. The van der Waals surface area contributed by atoms with Crippen LogP contribution in [-0.2, 0) is 16.1 Å². The molecule has 1 aliphatic heterocycles. The highest BCUT2D eigenvalue weighted by Crippen LogP contribution is 2.41. The van der Waals surface area contributed by atoms with Gasteiger partial charge in [-0.3, -0.25) is 9.59 Å². The molecule has 1 saturated heterocycles. The summed E-state index contributed by atoms with van der Waals surface area (Å²) in [6.45, 7) is 0.845. The van der Waals surface area contributed by atoms with E-state index in [0.29, 0.717) is 18.9 Å². The Morgan fingerprint density at radius 2 is 1.83 bits per heavy atom. The van der Waals surface area contributed by atoms with Crippen LogP contribution >= 0.6 is 0 Å². The van der Waals surface area contributed by atoms with Crippen LogP contribution in [0.4, 0.5) is 5.69 Å². The number of benzene rings is 1. The average molecular weight is 398 g/mol. The van der Waals surface area contributed by atoms with E-state index in [4.69, 9.17) is 13.9 Å². The van der Waals surface area contributed by atoms with Gasteiger partial charge in [-0.05, 0) is 49.2 Å². The topological polar surface area (TPSA) is 72.2 Å². The first kappa shape index (κ1) is 19.5. The second-order valence-corrected chi connectivity index (χ2v) is 7.72. The van der Waals surface area contributed by atoms with Crippen LogP contribution in [0.5, 0.6) is 5.75 Å². The molecule has 0 atom stereocenters. The summed E-state index contributed by atoms with van der Waals surface area (Å²) in [5, 5.41) is 0. The number of furan rings is 1. The lowest BCUT2D eigenvalue weighted by atomic mass is 9.90. The Morgan fingerprint density at radius 1 is 1.10 bits per heavy atom. The average Bonchev–Trinajstić information content (AvgIpc) is 3.38. The van der Waals surface area contributed by atoms with Gasteiger partial charge in [-0.1, -0.05) is 12.8 Å². The predicted molar refractivity (Wildman–Crippen MR) is 107 cm³/mol. The van der Waals surface area contributed by atoms with E-state index in [-0.39, 0.29) is 29.7 Å². The Labute approximate surface area is 170 Å². The molecule has 2 aliphatic rings. The van der Waals surface area contributed by atoms with Crippen molar-refractivity contribution in [2.24, 2.45) is 0 Å². The number of ether oxygens (including phenoxy) is 2. The van der Waals surface area contributed by atoms with Crippen LogP contribution in [0.25, 0.3) is 0 Å². The van der Waals surface area contributed by atoms with Gasteiger partial charge >= 0.3 is 0 Å². The summed E-state index contributed by atoms with van der Waals surface area (Å²) in [5.41, 5.74) is 0.479. The zero-order valence-electron chi connectivity index (χ0n) is 16.8. The molecule has 7 heteroatoms. The van der Waals surface area contributed by atoms with Crippen LogP contribution in [0.1, 0.15) is 42.0 Å². The molecule has 2 fully saturated rings. The van der Waals surface area contributed by atoms with Crippen molar-refractivity contribution in [3.8, 4) is 5.75 Å². The highest BCUT2D eigenvalue weighted by Gasteiger charge is 2.49. The fraction of sp³-hybridized carbons (Fsp3) is 0.455. The van der Waals surface area contributed by atoms with Crippen LogP contribution in [-0.4, -0.2) is 49.6 Å². The Morgan fingerprint density at radius 3 is 2.48 bits per heavy atom. The second-order valence-electron chi connectivity index (χ2n) is 7.72. The van der Waals surface area contributed by atoms with Crippen LogP contribution in [0, 0.1) is 0 Å². The normalized spacial score (nSPS) is 18.5. The van der Waals surface area contributed by atoms with E-state index < -0.39 is 0 Å². The molecule has 29 heavy (non-hydrogen) atoms. The molecule has 1 aliphatic carbocycles. The maximum Gasteiger partial charge on any atom is 0.290 e. The van der Waals surface area contributed by atoms with E-state index in [0.717, 1.165) is 37.1 Å². The molecule has 2 aromatic rings. The smallest absolute Gasteiger partial charge is 0.290 e. The van der Waals surface area contributed by atoms with E-state index in [1.807, 2.05) is 29.2 Å². The molecule has 0 N–H and O–H groups in total. The van der Waals surface area contributed by atoms with Crippen LogP contribution in [0.15, 0.2) is 40.8 Å². The number of carbonyl (C=O) groups is 2. The van der Waals surface area contributed by atoms with E-state index in [1.165, 1.54) is 0 Å². The fourth-order valence-corrected chi connectivity index (χ4v) is 4.56. The minimum atomic E-state index is -0.373. The molecule has 1 saturated carbocycles. The van der Waals surface area contributed by atoms with Crippen molar-refractivity contribution in [3.63, 3.8) is 0 Å². The number of nitrogens with zero attached hydrogens (tertiary/aromatic N) is 2. The molecule has 1 spiro atoms. The van der Waals surface area contributed by atoms with Crippen molar-refractivity contribution in [2.75, 3.05) is 32.2 Å². The van der Waals surface area contributed by atoms with Gasteiger partial charge < -0.3 is 23.7 Å². The van der Waals surface area contributed by atoms with Gasteiger partial charge in [-0.25, -0.2) is 0 Å². The van der Waals surface area contributed by atoms with E-state index >= 15 is 0 Å². The minimum Gasteiger partial charge on any atom is -0.497 e. The lowest BCUT2D eigenvalue weighted by Gasteiger charge is -2.48. The number of piperazine rings is 1. The molecule has 154 valence electrons. The number of carbonyl (C=O) groups excluding carboxylic acids is 2. The van der Waals surface area contributed by atoms with Gasteiger partial charge in [0.05, 0.1) is 12.6 Å². The summed E-state index contributed by atoms with van der Waals surface area (Å²) in [6, 6.07) is 10.9. The third-order valence-corrected chi connectivity index (χ3v) is 5.85. The molecule has 7 nitrogen and oxygen atoms in total. The highest BCUT2D eigenvalue weighted by molar-refractivity contribution is 6.02. The lowest BCUT2D eigenvalue weighted by molar-refractivity contribution is -0.123. The fourth-order valence-electron chi connectivity index (χ4n) is 4.56. The largest absolute Gasteiger partial charge is 0.497 e. The molecule has 0 unspecified atom stereocenters. The summed E-state index contributed by atoms with van der Waals surface area (Å²) in [7, 11) is 3.20. The van der Waals surface area contributed by atoms with Crippen LogP contribution in [0.3, 0.4) is 0 Å². The Bertz CT molecular complexity index is 883. The standard InChI is InChI=1S/C22H26N2O5/c1-27-14-18-9-10-19(29-18)21(26)23-13-20(25)24(22(15-23)11-3-4-12-22)16-5-7-17(28-2)8-6-16/h5-10H,3-4,11-15H2,1-2H3. The molecular weight excluding hydrogens is 372 g/mol. The van der Waals surface area contributed by atoms with Crippen molar-refractivity contribution >= 4 is 17.5 Å².